The first-order valence-corrected chi connectivity index (χ1v) is 4.28. The van der Waals surface area contributed by atoms with Gasteiger partial charge in [-0.2, -0.15) is 0 Å². The molecule has 1 saturated heterocycles. The number of hydrogen-bond donors (Lipinski definition) is 0. The summed E-state index contributed by atoms with van der Waals surface area (Å²) in [6.07, 6.45) is 1.10. The lowest BCUT2D eigenvalue weighted by Gasteiger charge is -2.12. The van der Waals surface area contributed by atoms with Gasteiger partial charge in [0.05, 0.1) is 12.5 Å². The van der Waals surface area contributed by atoms with Crippen molar-refractivity contribution in [2.24, 2.45) is 17.8 Å². The molecule has 0 aliphatic carbocycles. The molecule has 1 aliphatic heterocycles. The molecule has 1 heterocycles. The van der Waals surface area contributed by atoms with Crippen LogP contribution in [0.4, 0.5) is 0 Å². The Morgan fingerprint density at radius 3 is 2.64 bits per heavy atom. The highest BCUT2D eigenvalue weighted by Gasteiger charge is 2.32. The minimum atomic E-state index is -0.0179. The van der Waals surface area contributed by atoms with Gasteiger partial charge in [0.15, 0.2) is 0 Å². The fourth-order valence-corrected chi connectivity index (χ4v) is 1.54. The summed E-state index contributed by atoms with van der Waals surface area (Å²) in [4.78, 5) is 10.9. The van der Waals surface area contributed by atoms with Crippen LogP contribution in [0, 0.1) is 17.8 Å². The minimum absolute atomic E-state index is 0.0179. The number of esters is 1. The molecule has 0 saturated carbocycles. The van der Waals surface area contributed by atoms with Crippen LogP contribution >= 0.6 is 0 Å². The van der Waals surface area contributed by atoms with E-state index in [-0.39, 0.29) is 11.9 Å². The Labute approximate surface area is 67.9 Å². The Balaban J connectivity index is 2.42. The molecule has 1 fully saturated rings. The first-order valence-electron chi connectivity index (χ1n) is 4.28. The molecular weight excluding hydrogens is 140 g/mol. The lowest BCUT2D eigenvalue weighted by molar-refractivity contribution is -0.140. The summed E-state index contributed by atoms with van der Waals surface area (Å²) in [5.74, 6) is 1.23. The maximum absolute atomic E-state index is 10.9. The van der Waals surface area contributed by atoms with E-state index in [1.54, 1.807) is 0 Å². The zero-order valence-corrected chi connectivity index (χ0v) is 7.46. The molecule has 2 atom stereocenters. The van der Waals surface area contributed by atoms with E-state index in [0.29, 0.717) is 18.4 Å². The van der Waals surface area contributed by atoms with Gasteiger partial charge in [-0.25, -0.2) is 0 Å². The van der Waals surface area contributed by atoms with Gasteiger partial charge in [-0.1, -0.05) is 20.8 Å². The Bertz CT molecular complexity index is 152. The normalized spacial score (nSPS) is 31.1. The van der Waals surface area contributed by atoms with E-state index in [4.69, 9.17) is 4.74 Å². The van der Waals surface area contributed by atoms with Crippen LogP contribution in [0.15, 0.2) is 0 Å². The molecule has 2 heteroatoms. The van der Waals surface area contributed by atoms with Gasteiger partial charge >= 0.3 is 5.97 Å². The number of cyclic esters (lactones) is 1. The van der Waals surface area contributed by atoms with Crippen molar-refractivity contribution in [3.63, 3.8) is 0 Å². The van der Waals surface area contributed by atoms with Gasteiger partial charge < -0.3 is 4.74 Å². The summed E-state index contributed by atoms with van der Waals surface area (Å²) < 4.78 is 4.94. The molecule has 0 bridgehead atoms. The lowest BCUT2D eigenvalue weighted by atomic mass is 9.89. The first-order chi connectivity index (χ1) is 5.11. The van der Waals surface area contributed by atoms with E-state index in [1.165, 1.54) is 0 Å². The van der Waals surface area contributed by atoms with E-state index < -0.39 is 0 Å². The zero-order chi connectivity index (χ0) is 8.43. The zero-order valence-electron chi connectivity index (χ0n) is 7.46. The third kappa shape index (κ3) is 1.95. The molecule has 0 aromatic carbocycles. The van der Waals surface area contributed by atoms with Crippen molar-refractivity contribution in [2.75, 3.05) is 6.61 Å². The topological polar surface area (TPSA) is 26.3 Å². The van der Waals surface area contributed by atoms with Crippen molar-refractivity contribution in [1.29, 1.82) is 0 Å². The SMILES string of the molecule is CC(C)CC1COC(=O)[C@H]1C. The van der Waals surface area contributed by atoms with Gasteiger partial charge in [0.25, 0.3) is 0 Å². The first kappa shape index (κ1) is 8.57. The highest BCUT2D eigenvalue weighted by Crippen LogP contribution is 2.27. The number of ether oxygens (including phenoxy) is 1. The number of rotatable bonds is 2. The molecule has 1 rings (SSSR count). The Kier molecular flexibility index (Phi) is 2.53. The summed E-state index contributed by atoms with van der Waals surface area (Å²) in [6.45, 7) is 6.95. The monoisotopic (exact) mass is 156 g/mol. The molecule has 0 aromatic heterocycles. The molecule has 1 aliphatic rings. The summed E-state index contributed by atoms with van der Waals surface area (Å²) >= 11 is 0. The van der Waals surface area contributed by atoms with Crippen LogP contribution < -0.4 is 0 Å². The van der Waals surface area contributed by atoms with Crippen molar-refractivity contribution in [1.82, 2.24) is 0 Å². The highest BCUT2D eigenvalue weighted by atomic mass is 16.5. The molecule has 1 unspecified atom stereocenters. The second-order valence-electron chi connectivity index (χ2n) is 3.81. The summed E-state index contributed by atoms with van der Waals surface area (Å²) in [5.41, 5.74) is 0. The fraction of sp³-hybridized carbons (Fsp3) is 0.889. The minimum Gasteiger partial charge on any atom is -0.465 e. The van der Waals surface area contributed by atoms with Gasteiger partial charge in [0, 0.05) is 5.92 Å². The quantitative estimate of drug-likeness (QED) is 0.570. The van der Waals surface area contributed by atoms with Crippen LogP contribution in [0.3, 0.4) is 0 Å². The highest BCUT2D eigenvalue weighted by molar-refractivity contribution is 5.74. The Morgan fingerprint density at radius 1 is 1.64 bits per heavy atom. The van der Waals surface area contributed by atoms with Gasteiger partial charge in [-0.3, -0.25) is 4.79 Å². The van der Waals surface area contributed by atoms with Crippen LogP contribution in [0.25, 0.3) is 0 Å². The van der Waals surface area contributed by atoms with Crippen LogP contribution in [-0.4, -0.2) is 12.6 Å². The van der Waals surface area contributed by atoms with E-state index in [2.05, 4.69) is 13.8 Å². The van der Waals surface area contributed by atoms with E-state index >= 15 is 0 Å². The third-order valence-electron chi connectivity index (χ3n) is 2.29. The largest absolute Gasteiger partial charge is 0.465 e. The lowest BCUT2D eigenvalue weighted by Crippen LogP contribution is -2.13. The van der Waals surface area contributed by atoms with E-state index in [0.717, 1.165) is 6.42 Å². The molecular formula is C9H16O2. The average molecular weight is 156 g/mol. The molecule has 0 aromatic rings. The second-order valence-corrected chi connectivity index (χ2v) is 3.81. The molecule has 2 nitrogen and oxygen atoms in total. The average Bonchev–Trinajstić information content (AvgIpc) is 2.18. The smallest absolute Gasteiger partial charge is 0.309 e. The van der Waals surface area contributed by atoms with Gasteiger partial charge in [0.1, 0.15) is 0 Å². The van der Waals surface area contributed by atoms with Crippen LogP contribution in [0.1, 0.15) is 27.2 Å². The molecule has 0 spiro atoms. The molecule has 0 amide bonds. The maximum Gasteiger partial charge on any atom is 0.309 e. The summed E-state index contributed by atoms with van der Waals surface area (Å²) in [6, 6.07) is 0. The number of carbonyl (C=O) groups excluding carboxylic acids is 1. The molecule has 11 heavy (non-hydrogen) atoms. The third-order valence-corrected chi connectivity index (χ3v) is 2.29. The van der Waals surface area contributed by atoms with Crippen LogP contribution in [0.5, 0.6) is 0 Å². The van der Waals surface area contributed by atoms with Crippen molar-refractivity contribution >= 4 is 5.97 Å². The van der Waals surface area contributed by atoms with Crippen molar-refractivity contribution in [3.8, 4) is 0 Å². The standard InChI is InChI=1S/C9H16O2/c1-6(2)4-8-5-11-9(10)7(8)3/h6-8H,4-5H2,1-3H3/t7-,8?/m0/s1. The molecule has 0 N–H and O–H groups in total. The van der Waals surface area contributed by atoms with Gasteiger partial charge in [-0.05, 0) is 12.3 Å². The number of carbonyl (C=O) groups is 1. The van der Waals surface area contributed by atoms with Crippen LogP contribution in [-0.2, 0) is 9.53 Å². The number of hydrogen-bond acceptors (Lipinski definition) is 2. The Morgan fingerprint density at radius 2 is 2.27 bits per heavy atom. The van der Waals surface area contributed by atoms with Crippen molar-refractivity contribution in [3.05, 3.63) is 0 Å². The van der Waals surface area contributed by atoms with Gasteiger partial charge in [-0.15, -0.1) is 0 Å². The predicted octanol–water partition coefficient (Wildman–Crippen LogP) is 1.84. The van der Waals surface area contributed by atoms with E-state index in [1.807, 2.05) is 6.92 Å². The summed E-state index contributed by atoms with van der Waals surface area (Å²) in [7, 11) is 0. The molecule has 64 valence electrons. The van der Waals surface area contributed by atoms with Gasteiger partial charge in [0.2, 0.25) is 0 Å². The summed E-state index contributed by atoms with van der Waals surface area (Å²) in [5, 5.41) is 0. The fourth-order valence-electron chi connectivity index (χ4n) is 1.54. The van der Waals surface area contributed by atoms with Crippen molar-refractivity contribution in [2.45, 2.75) is 27.2 Å². The predicted molar refractivity (Wildman–Crippen MR) is 43.1 cm³/mol. The second kappa shape index (κ2) is 3.24. The van der Waals surface area contributed by atoms with Crippen molar-refractivity contribution < 1.29 is 9.53 Å². The molecule has 0 radical (unpaired) electrons. The van der Waals surface area contributed by atoms with Crippen LogP contribution in [0.2, 0.25) is 0 Å². The Hall–Kier alpha value is -0.530. The maximum atomic E-state index is 10.9. The van der Waals surface area contributed by atoms with E-state index in [9.17, 15) is 4.79 Å².